The van der Waals surface area contributed by atoms with Crippen molar-refractivity contribution in [1.82, 2.24) is 0 Å². The van der Waals surface area contributed by atoms with E-state index in [2.05, 4.69) is 46.8 Å². The van der Waals surface area contributed by atoms with E-state index in [4.69, 9.17) is 0 Å². The van der Waals surface area contributed by atoms with Crippen molar-refractivity contribution in [2.45, 2.75) is 60.3 Å². The molecule has 0 spiro atoms. The predicted molar refractivity (Wildman–Crippen MR) is 66.5 cm³/mol. The molecule has 0 aromatic heterocycles. The Morgan fingerprint density at radius 1 is 1.00 bits per heavy atom. The minimum atomic E-state index is 0.830. The highest BCUT2D eigenvalue weighted by molar-refractivity contribution is 5.02. The minimum absolute atomic E-state index is 0.830. The molecular weight excluding hydrogens is 168 g/mol. The van der Waals surface area contributed by atoms with Crippen LogP contribution in [0.1, 0.15) is 60.3 Å². The Morgan fingerprint density at radius 2 is 1.64 bits per heavy atom. The zero-order valence-corrected chi connectivity index (χ0v) is 10.6. The highest BCUT2D eigenvalue weighted by Gasteiger charge is 1.92. The summed E-state index contributed by atoms with van der Waals surface area (Å²) >= 11 is 0. The maximum Gasteiger partial charge on any atom is -0.0288 e. The molecule has 14 heavy (non-hydrogen) atoms. The van der Waals surface area contributed by atoms with E-state index in [0.29, 0.717) is 0 Å². The summed E-state index contributed by atoms with van der Waals surface area (Å²) in [5, 5.41) is 0. The SMILES string of the molecule is CC(C)=CCCC(C)=CCCC(C)C. The Kier molecular flexibility index (Phi) is 7.55. The van der Waals surface area contributed by atoms with Gasteiger partial charge >= 0.3 is 0 Å². The maximum absolute atomic E-state index is 2.40. The third-order valence-electron chi connectivity index (χ3n) is 2.33. The molecule has 0 radical (unpaired) electrons. The van der Waals surface area contributed by atoms with Gasteiger partial charge in [-0.05, 0) is 52.4 Å². The average molecular weight is 194 g/mol. The lowest BCUT2D eigenvalue weighted by Gasteiger charge is -2.02. The first-order chi connectivity index (χ1) is 6.52. The molecule has 0 unspecified atom stereocenters. The molecule has 0 amide bonds. The van der Waals surface area contributed by atoms with Crippen molar-refractivity contribution in [3.63, 3.8) is 0 Å². The molecule has 0 rings (SSSR count). The van der Waals surface area contributed by atoms with Crippen molar-refractivity contribution in [2.24, 2.45) is 5.92 Å². The summed E-state index contributed by atoms with van der Waals surface area (Å²) in [6.45, 7) is 11.1. The zero-order valence-electron chi connectivity index (χ0n) is 10.6. The molecule has 0 N–H and O–H groups in total. The maximum atomic E-state index is 2.40. The summed E-state index contributed by atoms with van der Waals surface area (Å²) in [6, 6.07) is 0. The highest BCUT2D eigenvalue weighted by atomic mass is 14.0. The molecule has 0 aromatic carbocycles. The van der Waals surface area contributed by atoms with Crippen molar-refractivity contribution in [3.05, 3.63) is 23.3 Å². The minimum Gasteiger partial charge on any atom is -0.0856 e. The Bertz CT molecular complexity index is 190. The van der Waals surface area contributed by atoms with Crippen molar-refractivity contribution in [3.8, 4) is 0 Å². The van der Waals surface area contributed by atoms with E-state index in [-0.39, 0.29) is 0 Å². The fraction of sp³-hybridized carbons (Fsp3) is 0.714. The van der Waals surface area contributed by atoms with Gasteiger partial charge in [0.15, 0.2) is 0 Å². The number of hydrogen-bond donors (Lipinski definition) is 0. The molecule has 82 valence electrons. The summed E-state index contributed by atoms with van der Waals surface area (Å²) in [6.07, 6.45) is 9.71. The lowest BCUT2D eigenvalue weighted by Crippen LogP contribution is -1.85. The Balaban J connectivity index is 3.62. The number of rotatable bonds is 6. The van der Waals surface area contributed by atoms with Gasteiger partial charge in [0.2, 0.25) is 0 Å². The third-order valence-corrected chi connectivity index (χ3v) is 2.33. The van der Waals surface area contributed by atoms with E-state index in [9.17, 15) is 0 Å². The fourth-order valence-electron chi connectivity index (χ4n) is 1.35. The van der Waals surface area contributed by atoms with E-state index < -0.39 is 0 Å². The van der Waals surface area contributed by atoms with Crippen LogP contribution in [0.25, 0.3) is 0 Å². The fourth-order valence-corrected chi connectivity index (χ4v) is 1.35. The molecule has 0 aliphatic heterocycles. The Labute approximate surface area is 90.1 Å². The molecule has 0 atom stereocenters. The van der Waals surface area contributed by atoms with Crippen LogP contribution in [0.2, 0.25) is 0 Å². The smallest absolute Gasteiger partial charge is 0.0288 e. The van der Waals surface area contributed by atoms with Crippen LogP contribution in [-0.2, 0) is 0 Å². The Morgan fingerprint density at radius 3 is 2.14 bits per heavy atom. The highest BCUT2D eigenvalue weighted by Crippen LogP contribution is 2.10. The molecule has 0 aliphatic rings. The van der Waals surface area contributed by atoms with Crippen molar-refractivity contribution < 1.29 is 0 Å². The third kappa shape index (κ3) is 9.57. The number of hydrogen-bond acceptors (Lipinski definition) is 0. The summed E-state index contributed by atoms with van der Waals surface area (Å²) < 4.78 is 0. The van der Waals surface area contributed by atoms with Gasteiger partial charge in [-0.15, -0.1) is 0 Å². The molecular formula is C14H26. The molecule has 0 bridgehead atoms. The van der Waals surface area contributed by atoms with Crippen molar-refractivity contribution >= 4 is 0 Å². The second kappa shape index (κ2) is 7.84. The van der Waals surface area contributed by atoms with Crippen LogP contribution in [0, 0.1) is 5.92 Å². The molecule has 0 saturated heterocycles. The quantitative estimate of drug-likeness (QED) is 0.515. The van der Waals surface area contributed by atoms with Crippen molar-refractivity contribution in [1.29, 1.82) is 0 Å². The average Bonchev–Trinajstić information content (AvgIpc) is 2.02. The summed E-state index contributed by atoms with van der Waals surface area (Å²) in [7, 11) is 0. The van der Waals surface area contributed by atoms with E-state index in [1.165, 1.54) is 31.3 Å². The molecule has 0 aliphatic carbocycles. The molecule has 0 nitrogen and oxygen atoms in total. The van der Waals surface area contributed by atoms with Gasteiger partial charge in [0.05, 0.1) is 0 Å². The molecule has 0 aromatic rings. The molecule has 0 fully saturated rings. The topological polar surface area (TPSA) is 0 Å². The van der Waals surface area contributed by atoms with Crippen LogP contribution in [0.3, 0.4) is 0 Å². The van der Waals surface area contributed by atoms with Crippen LogP contribution < -0.4 is 0 Å². The van der Waals surface area contributed by atoms with Crippen LogP contribution in [-0.4, -0.2) is 0 Å². The first-order valence-electron chi connectivity index (χ1n) is 5.81. The first kappa shape index (κ1) is 13.5. The normalized spacial score (nSPS) is 12.0. The zero-order chi connectivity index (χ0) is 11.0. The van der Waals surface area contributed by atoms with Gasteiger partial charge < -0.3 is 0 Å². The monoisotopic (exact) mass is 194 g/mol. The van der Waals surface area contributed by atoms with Gasteiger partial charge in [-0.2, -0.15) is 0 Å². The van der Waals surface area contributed by atoms with Crippen LogP contribution in [0.5, 0.6) is 0 Å². The summed E-state index contributed by atoms with van der Waals surface area (Å²) in [5.74, 6) is 0.830. The van der Waals surface area contributed by atoms with E-state index >= 15 is 0 Å². The first-order valence-corrected chi connectivity index (χ1v) is 5.81. The van der Waals surface area contributed by atoms with E-state index in [0.717, 1.165) is 5.92 Å². The van der Waals surface area contributed by atoms with Crippen molar-refractivity contribution in [2.75, 3.05) is 0 Å². The van der Waals surface area contributed by atoms with E-state index in [1.54, 1.807) is 5.57 Å². The predicted octanol–water partition coefficient (Wildman–Crippen LogP) is 5.12. The van der Waals surface area contributed by atoms with Gasteiger partial charge in [-0.1, -0.05) is 37.1 Å². The number of allylic oxidation sites excluding steroid dienone is 4. The molecule has 0 saturated carbocycles. The van der Waals surface area contributed by atoms with Crippen LogP contribution in [0.4, 0.5) is 0 Å². The summed E-state index contributed by atoms with van der Waals surface area (Å²) in [4.78, 5) is 0. The van der Waals surface area contributed by atoms with Gasteiger partial charge in [0, 0.05) is 0 Å². The van der Waals surface area contributed by atoms with Gasteiger partial charge in [-0.25, -0.2) is 0 Å². The van der Waals surface area contributed by atoms with Crippen LogP contribution >= 0.6 is 0 Å². The summed E-state index contributed by atoms with van der Waals surface area (Å²) in [5.41, 5.74) is 2.98. The standard InChI is InChI=1S/C14H26/c1-12(2)8-6-10-14(5)11-7-9-13(3)4/h8,11,13H,6-7,9-10H2,1-5H3. The van der Waals surface area contributed by atoms with E-state index in [1.807, 2.05) is 0 Å². The largest absolute Gasteiger partial charge is 0.0856 e. The molecule has 0 heteroatoms. The molecule has 0 heterocycles. The van der Waals surface area contributed by atoms with Crippen LogP contribution in [0.15, 0.2) is 23.3 Å². The van der Waals surface area contributed by atoms with Gasteiger partial charge in [-0.3, -0.25) is 0 Å². The lowest BCUT2D eigenvalue weighted by molar-refractivity contribution is 0.592. The second-order valence-corrected chi connectivity index (χ2v) is 4.84. The van der Waals surface area contributed by atoms with Gasteiger partial charge in [0.1, 0.15) is 0 Å². The Hall–Kier alpha value is -0.520. The van der Waals surface area contributed by atoms with Gasteiger partial charge in [0.25, 0.3) is 0 Å². The second-order valence-electron chi connectivity index (χ2n) is 4.84. The lowest BCUT2D eigenvalue weighted by atomic mass is 10.0.